The van der Waals surface area contributed by atoms with Crippen LogP contribution in [0.1, 0.15) is 219 Å². The molecule has 362 valence electrons. The van der Waals surface area contributed by atoms with Gasteiger partial charge in [-0.25, -0.2) is 4.57 Å². The van der Waals surface area contributed by atoms with Crippen molar-refractivity contribution in [1.29, 1.82) is 0 Å². The van der Waals surface area contributed by atoms with Crippen LogP contribution in [-0.2, 0) is 32.7 Å². The number of likely N-dealkylation sites (N-methyl/N-ethyl adjacent to an activating group) is 1. The van der Waals surface area contributed by atoms with Crippen LogP contribution in [0, 0.1) is 0 Å². The highest BCUT2D eigenvalue weighted by atomic mass is 31.2. The van der Waals surface area contributed by atoms with Crippen molar-refractivity contribution in [3.8, 4) is 0 Å². The summed E-state index contributed by atoms with van der Waals surface area (Å²) in [5.74, 6) is -0.841. The number of quaternary nitrogens is 1. The van der Waals surface area contributed by atoms with Crippen LogP contribution < -0.4 is 0 Å². The van der Waals surface area contributed by atoms with Gasteiger partial charge in [-0.3, -0.25) is 18.6 Å². The standard InChI is InChI=1S/C52H96NO8P/c1-6-8-10-12-14-16-18-20-22-23-24-25-26-27-28-29-31-32-34-36-38-40-42-44-51(54)58-48-50(49-60-62(56,57)59-47-46-53(3,4)5)61-52(55)45-43-41-39-37-35-33-30-21-19-17-15-13-11-9-7-2/h9,11,15,17,21,30,35,37,50H,6-8,10,12-14,16,18-20,22-29,31-34,36,38-49H2,1-5H3/p+1/b11-9+,17-15+,30-21+,37-35+/t50-/m0/s1. The summed E-state index contributed by atoms with van der Waals surface area (Å²) in [4.78, 5) is 35.5. The molecule has 0 saturated heterocycles. The van der Waals surface area contributed by atoms with Crippen molar-refractivity contribution < 1.29 is 42.1 Å². The maximum absolute atomic E-state index is 12.7. The number of unbranched alkanes of at least 4 members (excludes halogenated alkanes) is 24. The number of phosphoric acid groups is 1. The second-order valence-electron chi connectivity index (χ2n) is 18.2. The van der Waals surface area contributed by atoms with Gasteiger partial charge < -0.3 is 18.9 Å². The third-order valence-corrected chi connectivity index (χ3v) is 11.9. The van der Waals surface area contributed by atoms with Gasteiger partial charge in [0, 0.05) is 12.8 Å². The summed E-state index contributed by atoms with van der Waals surface area (Å²) < 4.78 is 34.4. The van der Waals surface area contributed by atoms with E-state index in [0.29, 0.717) is 17.4 Å². The van der Waals surface area contributed by atoms with E-state index in [2.05, 4.69) is 62.5 Å². The van der Waals surface area contributed by atoms with Gasteiger partial charge in [0.05, 0.1) is 27.7 Å². The number of phosphoric ester groups is 1. The van der Waals surface area contributed by atoms with Gasteiger partial charge in [-0.05, 0) is 51.4 Å². The van der Waals surface area contributed by atoms with E-state index in [1.807, 2.05) is 21.1 Å². The molecule has 0 rings (SSSR count). The molecule has 0 aliphatic carbocycles. The zero-order chi connectivity index (χ0) is 45.7. The molecule has 0 aliphatic rings. The molecule has 0 amide bonds. The van der Waals surface area contributed by atoms with Crippen molar-refractivity contribution in [3.63, 3.8) is 0 Å². The van der Waals surface area contributed by atoms with Gasteiger partial charge in [-0.15, -0.1) is 0 Å². The number of carbonyl (C=O) groups is 2. The van der Waals surface area contributed by atoms with E-state index in [-0.39, 0.29) is 32.0 Å². The minimum atomic E-state index is -4.39. The molecule has 0 spiro atoms. The lowest BCUT2D eigenvalue weighted by molar-refractivity contribution is -0.870. The van der Waals surface area contributed by atoms with Crippen molar-refractivity contribution in [1.82, 2.24) is 0 Å². The summed E-state index contributed by atoms with van der Waals surface area (Å²) in [6.45, 7) is 4.28. The number of carbonyl (C=O) groups excluding carboxylic acids is 2. The van der Waals surface area contributed by atoms with Gasteiger partial charge in [0.2, 0.25) is 0 Å². The van der Waals surface area contributed by atoms with Crippen LogP contribution in [0.5, 0.6) is 0 Å². The van der Waals surface area contributed by atoms with Crippen LogP contribution in [-0.4, -0.2) is 74.9 Å². The molecule has 1 unspecified atom stereocenters. The van der Waals surface area contributed by atoms with E-state index in [1.54, 1.807) is 0 Å². The lowest BCUT2D eigenvalue weighted by atomic mass is 10.0. The van der Waals surface area contributed by atoms with Crippen LogP contribution in [0.4, 0.5) is 0 Å². The summed E-state index contributed by atoms with van der Waals surface area (Å²) in [5, 5.41) is 0. The SMILES string of the molecule is CC/C=C/C/C=C/C/C=C/C/C=C/CCCCC(=O)O[C@@H](COC(=O)CCCCCCCCCCCCCCCCCCCCCCCCC)COP(=O)(O)OCC[N+](C)(C)C. The van der Waals surface area contributed by atoms with Crippen LogP contribution in [0.3, 0.4) is 0 Å². The highest BCUT2D eigenvalue weighted by Gasteiger charge is 2.27. The van der Waals surface area contributed by atoms with E-state index in [9.17, 15) is 19.0 Å². The highest BCUT2D eigenvalue weighted by Crippen LogP contribution is 2.43. The maximum atomic E-state index is 12.7. The van der Waals surface area contributed by atoms with Gasteiger partial charge in [-0.2, -0.15) is 0 Å². The van der Waals surface area contributed by atoms with E-state index >= 15 is 0 Å². The first-order valence-electron chi connectivity index (χ1n) is 25.4. The summed E-state index contributed by atoms with van der Waals surface area (Å²) >= 11 is 0. The average Bonchev–Trinajstić information content (AvgIpc) is 3.23. The Bertz CT molecular complexity index is 1190. The monoisotopic (exact) mass is 895 g/mol. The number of hydrogen-bond donors (Lipinski definition) is 1. The Morgan fingerprint density at radius 3 is 1.37 bits per heavy atom. The molecule has 0 aromatic heterocycles. The fourth-order valence-corrected chi connectivity index (χ4v) is 7.69. The lowest BCUT2D eigenvalue weighted by Crippen LogP contribution is -2.37. The summed E-state index contributed by atoms with van der Waals surface area (Å²) in [5.41, 5.74) is 0. The molecule has 0 aliphatic heterocycles. The molecule has 9 nitrogen and oxygen atoms in total. The van der Waals surface area contributed by atoms with Crippen LogP contribution >= 0.6 is 7.82 Å². The largest absolute Gasteiger partial charge is 0.472 e. The Balaban J connectivity index is 4.22. The van der Waals surface area contributed by atoms with E-state index < -0.39 is 26.5 Å². The molecule has 0 bridgehead atoms. The van der Waals surface area contributed by atoms with E-state index in [4.69, 9.17) is 18.5 Å². The van der Waals surface area contributed by atoms with Crippen molar-refractivity contribution in [2.24, 2.45) is 0 Å². The molecule has 62 heavy (non-hydrogen) atoms. The number of nitrogens with zero attached hydrogens (tertiary/aromatic N) is 1. The molecule has 0 fully saturated rings. The Morgan fingerprint density at radius 1 is 0.516 bits per heavy atom. The predicted octanol–water partition coefficient (Wildman–Crippen LogP) is 15.0. The fraction of sp³-hybridized carbons (Fsp3) is 0.808. The van der Waals surface area contributed by atoms with Crippen LogP contribution in [0.15, 0.2) is 48.6 Å². The third kappa shape index (κ3) is 47.4. The fourth-order valence-electron chi connectivity index (χ4n) is 6.95. The zero-order valence-electron chi connectivity index (χ0n) is 40.9. The summed E-state index contributed by atoms with van der Waals surface area (Å²) in [6.07, 6.45) is 53.2. The topological polar surface area (TPSA) is 108 Å². The zero-order valence-corrected chi connectivity index (χ0v) is 41.7. The molecule has 0 aromatic rings. The first-order chi connectivity index (χ1) is 30.0. The Labute approximate surface area is 382 Å². The molecule has 2 atom stereocenters. The van der Waals surface area contributed by atoms with Gasteiger partial charge in [-0.1, -0.05) is 204 Å². The molecule has 0 saturated carbocycles. The minimum Gasteiger partial charge on any atom is -0.462 e. The van der Waals surface area contributed by atoms with Crippen LogP contribution in [0.25, 0.3) is 0 Å². The number of allylic oxidation sites excluding steroid dienone is 8. The highest BCUT2D eigenvalue weighted by molar-refractivity contribution is 7.47. The predicted molar refractivity (Wildman–Crippen MR) is 261 cm³/mol. The number of hydrogen-bond acceptors (Lipinski definition) is 7. The molecule has 0 heterocycles. The quantitative estimate of drug-likeness (QED) is 0.0212. The van der Waals surface area contributed by atoms with Gasteiger partial charge in [0.15, 0.2) is 6.10 Å². The van der Waals surface area contributed by atoms with Crippen molar-refractivity contribution in [2.45, 2.75) is 225 Å². The average molecular weight is 895 g/mol. The second-order valence-corrected chi connectivity index (χ2v) is 19.6. The Hall–Kier alpha value is -2.03. The second kappa shape index (κ2) is 44.2. The van der Waals surface area contributed by atoms with Gasteiger partial charge in [0.25, 0.3) is 0 Å². The molecule has 0 aromatic carbocycles. The minimum absolute atomic E-state index is 0.0234. The van der Waals surface area contributed by atoms with Gasteiger partial charge in [0.1, 0.15) is 19.8 Å². The van der Waals surface area contributed by atoms with Gasteiger partial charge >= 0.3 is 19.8 Å². The smallest absolute Gasteiger partial charge is 0.462 e. The van der Waals surface area contributed by atoms with E-state index in [0.717, 1.165) is 57.8 Å². The normalized spacial score (nSPS) is 13.8. The first-order valence-corrected chi connectivity index (χ1v) is 26.9. The first kappa shape index (κ1) is 60.0. The van der Waals surface area contributed by atoms with Crippen molar-refractivity contribution in [3.05, 3.63) is 48.6 Å². The molecule has 0 radical (unpaired) electrons. The van der Waals surface area contributed by atoms with E-state index in [1.165, 1.54) is 128 Å². The molecular weight excluding hydrogens is 798 g/mol. The third-order valence-electron chi connectivity index (χ3n) is 10.9. The number of esters is 2. The summed E-state index contributed by atoms with van der Waals surface area (Å²) in [7, 11) is 1.45. The molecule has 10 heteroatoms. The summed E-state index contributed by atoms with van der Waals surface area (Å²) in [6, 6.07) is 0. The maximum Gasteiger partial charge on any atom is 0.472 e. The lowest BCUT2D eigenvalue weighted by Gasteiger charge is -2.24. The Kier molecular flexibility index (Phi) is 42.7. The molecular formula is C52H97NO8P+. The molecule has 1 N–H and O–H groups in total. The van der Waals surface area contributed by atoms with Crippen molar-refractivity contribution >= 4 is 19.8 Å². The number of ether oxygens (including phenoxy) is 2. The van der Waals surface area contributed by atoms with Crippen molar-refractivity contribution in [2.75, 3.05) is 47.5 Å². The van der Waals surface area contributed by atoms with Crippen LogP contribution in [0.2, 0.25) is 0 Å². The number of rotatable bonds is 46. The Morgan fingerprint density at radius 2 is 0.919 bits per heavy atom.